The van der Waals surface area contributed by atoms with Crippen LogP contribution in [0.15, 0.2) is 0 Å². The molecule has 0 radical (unpaired) electrons. The standard InChI is InChI=1S/C2H2O4.2Ba.BrH.4H/c3-1(4)2(5)6;;;;;;;/h(H,3,4)(H,5,6);;;1H;;;;. The van der Waals surface area contributed by atoms with Crippen molar-refractivity contribution in [1.82, 2.24) is 0 Å². The molecule has 0 fully saturated rings. The molecule has 50 valence electrons. The molecule has 0 unspecified atom stereocenters. The molecule has 0 amide bonds. The van der Waals surface area contributed by atoms with Crippen LogP contribution in [-0.4, -0.2) is 120 Å². The Morgan fingerprint density at radius 2 is 1.00 bits per heavy atom. The molecule has 0 spiro atoms. The van der Waals surface area contributed by atoms with Gasteiger partial charge >= 0.3 is 110 Å². The molecule has 0 atom stereocenters. The third kappa shape index (κ3) is 18.0. The predicted molar refractivity (Wildman–Crippen MR) is 42.7 cm³/mol. The second-order valence-electron chi connectivity index (χ2n) is 0.610. The SMILES string of the molecule is Br.O=C(O)C(=O)O.[BaH2].[BaH2]. The van der Waals surface area contributed by atoms with Gasteiger partial charge in [-0.1, -0.05) is 0 Å². The maximum atomic E-state index is 9.10. The minimum atomic E-state index is -1.82. The van der Waals surface area contributed by atoms with Crippen LogP contribution in [-0.2, 0) is 9.59 Å². The van der Waals surface area contributed by atoms with Crippen LogP contribution in [0.1, 0.15) is 0 Å². The number of carboxylic acid groups (broad SMARTS) is 2. The number of aliphatic carboxylic acids is 2. The van der Waals surface area contributed by atoms with Crippen molar-refractivity contribution in [1.29, 1.82) is 0 Å². The summed E-state index contributed by atoms with van der Waals surface area (Å²) in [6, 6.07) is 0. The quantitative estimate of drug-likeness (QED) is 0.328. The Morgan fingerprint density at radius 3 is 1.00 bits per heavy atom. The van der Waals surface area contributed by atoms with E-state index in [1.54, 1.807) is 0 Å². The zero-order valence-corrected chi connectivity index (χ0v) is 4.83. The van der Waals surface area contributed by atoms with Crippen molar-refractivity contribution in [3.8, 4) is 0 Å². The van der Waals surface area contributed by atoms with Crippen LogP contribution in [0.3, 0.4) is 0 Å². The Morgan fingerprint density at radius 1 is 0.889 bits per heavy atom. The Balaban J connectivity index is -0.0000000417. The second kappa shape index (κ2) is 13.2. The van der Waals surface area contributed by atoms with E-state index >= 15 is 0 Å². The summed E-state index contributed by atoms with van der Waals surface area (Å²) in [6.45, 7) is 0. The summed E-state index contributed by atoms with van der Waals surface area (Å²) in [5.41, 5.74) is 0. The first-order valence-electron chi connectivity index (χ1n) is 1.11. The van der Waals surface area contributed by atoms with Gasteiger partial charge in [0.2, 0.25) is 0 Å². The summed E-state index contributed by atoms with van der Waals surface area (Å²) in [4.78, 5) is 18.2. The second-order valence-corrected chi connectivity index (χ2v) is 0.610. The molecule has 4 nitrogen and oxygen atoms in total. The molecular weight excluding hydrogens is 443 g/mol. The van der Waals surface area contributed by atoms with Crippen LogP contribution >= 0.6 is 17.0 Å². The van der Waals surface area contributed by atoms with Gasteiger partial charge in [-0.15, -0.1) is 17.0 Å². The van der Waals surface area contributed by atoms with E-state index in [4.69, 9.17) is 19.8 Å². The third-order valence-corrected chi connectivity index (χ3v) is 0.183. The van der Waals surface area contributed by atoms with Crippen LogP contribution in [0.5, 0.6) is 0 Å². The monoisotopic (exact) mass is 450 g/mol. The van der Waals surface area contributed by atoms with Crippen molar-refractivity contribution in [2.24, 2.45) is 0 Å². The van der Waals surface area contributed by atoms with E-state index in [0.29, 0.717) is 0 Å². The Hall–Kier alpha value is 2.56. The van der Waals surface area contributed by atoms with Crippen molar-refractivity contribution in [2.75, 3.05) is 0 Å². The number of carboxylic acids is 2. The van der Waals surface area contributed by atoms with Crippen molar-refractivity contribution >= 4 is 127 Å². The Kier molecular flexibility index (Phi) is 33.0. The molecule has 0 heterocycles. The van der Waals surface area contributed by atoms with Gasteiger partial charge in [0.25, 0.3) is 0 Å². The number of hydrogen-bond acceptors (Lipinski definition) is 2. The molecule has 0 bridgehead atoms. The first-order chi connectivity index (χ1) is 2.64. The zero-order chi connectivity index (χ0) is 5.15. The van der Waals surface area contributed by atoms with Gasteiger partial charge in [-0.05, 0) is 0 Å². The van der Waals surface area contributed by atoms with E-state index in [9.17, 15) is 0 Å². The van der Waals surface area contributed by atoms with Gasteiger partial charge in [-0.2, -0.15) is 0 Å². The summed E-state index contributed by atoms with van der Waals surface area (Å²) in [5, 5.41) is 14.8. The fourth-order valence-corrected chi connectivity index (χ4v) is 0. The summed E-state index contributed by atoms with van der Waals surface area (Å²) in [7, 11) is 0. The average Bonchev–Trinajstić information content (AvgIpc) is 1.36. The van der Waals surface area contributed by atoms with Crippen LogP contribution in [0.4, 0.5) is 0 Å². The molecule has 0 aromatic rings. The number of carbonyl (C=O) groups is 2. The van der Waals surface area contributed by atoms with E-state index in [0.717, 1.165) is 0 Å². The molecule has 2 N–H and O–H groups in total. The van der Waals surface area contributed by atoms with Crippen molar-refractivity contribution < 1.29 is 19.8 Å². The van der Waals surface area contributed by atoms with Crippen molar-refractivity contribution in [2.45, 2.75) is 0 Å². The summed E-state index contributed by atoms with van der Waals surface area (Å²) in [6.07, 6.45) is 0. The molecule has 0 aromatic heterocycles. The first kappa shape index (κ1) is 22.6. The normalized spacial score (nSPS) is 4.89. The van der Waals surface area contributed by atoms with Crippen molar-refractivity contribution in [3.05, 3.63) is 0 Å². The van der Waals surface area contributed by atoms with Gasteiger partial charge in [0.1, 0.15) is 0 Å². The maximum absolute atomic E-state index is 9.10. The molecule has 0 saturated heterocycles. The van der Waals surface area contributed by atoms with Crippen LogP contribution < -0.4 is 0 Å². The first-order valence-corrected chi connectivity index (χ1v) is 1.11. The molecule has 0 aliphatic rings. The molecule has 0 aliphatic carbocycles. The molecule has 9 heavy (non-hydrogen) atoms. The van der Waals surface area contributed by atoms with E-state index in [1.807, 2.05) is 0 Å². The summed E-state index contributed by atoms with van der Waals surface area (Å²) >= 11 is 0. The van der Waals surface area contributed by atoms with E-state index in [-0.39, 0.29) is 115 Å². The number of rotatable bonds is 0. The molecule has 0 aliphatic heterocycles. The van der Waals surface area contributed by atoms with Gasteiger partial charge in [-0.3, -0.25) is 0 Å². The van der Waals surface area contributed by atoms with Crippen molar-refractivity contribution in [3.63, 3.8) is 0 Å². The zero-order valence-electron chi connectivity index (χ0n) is 3.12. The Labute approximate surface area is 143 Å². The number of halogens is 1. The van der Waals surface area contributed by atoms with Crippen LogP contribution in [0.2, 0.25) is 0 Å². The topological polar surface area (TPSA) is 74.6 Å². The van der Waals surface area contributed by atoms with E-state index < -0.39 is 11.9 Å². The molecule has 0 aromatic carbocycles. The molecular formula is C2H7Ba2BrO4. The van der Waals surface area contributed by atoms with Gasteiger partial charge in [0, 0.05) is 0 Å². The summed E-state index contributed by atoms with van der Waals surface area (Å²) < 4.78 is 0. The van der Waals surface area contributed by atoms with Gasteiger partial charge in [-0.25, -0.2) is 9.59 Å². The van der Waals surface area contributed by atoms with Gasteiger partial charge < -0.3 is 10.2 Å². The molecule has 0 rings (SSSR count). The Bertz CT molecular complexity index is 82.6. The molecule has 0 saturated carbocycles. The fraction of sp³-hybridized carbons (Fsp3) is 0. The molecule has 7 heteroatoms. The summed E-state index contributed by atoms with van der Waals surface area (Å²) in [5.74, 6) is -3.65. The predicted octanol–water partition coefficient (Wildman–Crippen LogP) is -2.10. The van der Waals surface area contributed by atoms with Crippen LogP contribution in [0.25, 0.3) is 0 Å². The average molecular weight is 450 g/mol. The van der Waals surface area contributed by atoms with E-state index in [2.05, 4.69) is 0 Å². The van der Waals surface area contributed by atoms with Gasteiger partial charge in [0.05, 0.1) is 0 Å². The fourth-order valence-electron chi connectivity index (χ4n) is 0. The minimum absolute atomic E-state index is 0. The van der Waals surface area contributed by atoms with Gasteiger partial charge in [0.15, 0.2) is 0 Å². The van der Waals surface area contributed by atoms with Crippen LogP contribution in [0, 0.1) is 0 Å². The number of hydrogen-bond donors (Lipinski definition) is 2. The third-order valence-electron chi connectivity index (χ3n) is 0.183. The van der Waals surface area contributed by atoms with E-state index in [1.165, 1.54) is 0 Å².